The van der Waals surface area contributed by atoms with Gasteiger partial charge in [-0.05, 0) is 56.9 Å². The second kappa shape index (κ2) is 8.06. The number of rotatable bonds is 6. The van der Waals surface area contributed by atoms with Crippen molar-refractivity contribution in [2.75, 3.05) is 26.2 Å². The highest BCUT2D eigenvalue weighted by atomic mass is 14.9. The van der Waals surface area contributed by atoms with Crippen LogP contribution < -0.4 is 10.6 Å². The number of benzene rings is 1. The van der Waals surface area contributed by atoms with Crippen LogP contribution >= 0.6 is 0 Å². The molecule has 0 aromatic heterocycles. The van der Waals surface area contributed by atoms with E-state index in [1.165, 1.54) is 31.5 Å². The average molecular weight is 244 g/mol. The zero-order chi connectivity index (χ0) is 12.5. The zero-order valence-electron chi connectivity index (χ0n) is 11.1. The van der Waals surface area contributed by atoms with Gasteiger partial charge in [0.1, 0.15) is 0 Å². The number of hydrogen-bond acceptors (Lipinski definition) is 2. The molecule has 0 amide bonds. The summed E-state index contributed by atoms with van der Waals surface area (Å²) in [5, 5.41) is 7.00. The van der Waals surface area contributed by atoms with Crippen LogP contribution in [0.25, 0.3) is 6.08 Å². The Hall–Kier alpha value is -1.12. The van der Waals surface area contributed by atoms with Gasteiger partial charge in [-0.1, -0.05) is 42.5 Å². The first-order valence-corrected chi connectivity index (χ1v) is 7.08. The Morgan fingerprint density at radius 1 is 1.28 bits per heavy atom. The molecule has 0 bridgehead atoms. The molecular weight excluding hydrogens is 220 g/mol. The van der Waals surface area contributed by atoms with Gasteiger partial charge in [0.05, 0.1) is 0 Å². The van der Waals surface area contributed by atoms with Crippen molar-refractivity contribution in [3.8, 4) is 0 Å². The van der Waals surface area contributed by atoms with E-state index in [9.17, 15) is 0 Å². The van der Waals surface area contributed by atoms with Crippen molar-refractivity contribution < 1.29 is 0 Å². The summed E-state index contributed by atoms with van der Waals surface area (Å²) in [6, 6.07) is 10.5. The molecule has 2 nitrogen and oxygen atoms in total. The summed E-state index contributed by atoms with van der Waals surface area (Å²) in [5.74, 6) is 0.830. The van der Waals surface area contributed by atoms with E-state index >= 15 is 0 Å². The topological polar surface area (TPSA) is 24.1 Å². The second-order valence-corrected chi connectivity index (χ2v) is 5.02. The van der Waals surface area contributed by atoms with Gasteiger partial charge in [0.25, 0.3) is 0 Å². The van der Waals surface area contributed by atoms with Crippen LogP contribution in [0.4, 0.5) is 0 Å². The number of hydrogen-bond donors (Lipinski definition) is 2. The van der Waals surface area contributed by atoms with E-state index in [-0.39, 0.29) is 0 Å². The van der Waals surface area contributed by atoms with Crippen LogP contribution in [0, 0.1) is 5.92 Å². The lowest BCUT2D eigenvalue weighted by Crippen LogP contribution is -2.36. The maximum Gasteiger partial charge on any atom is -0.000825 e. The summed E-state index contributed by atoms with van der Waals surface area (Å²) in [6.07, 6.45) is 8.26. The fourth-order valence-corrected chi connectivity index (χ4v) is 2.37. The van der Waals surface area contributed by atoms with Gasteiger partial charge in [0.15, 0.2) is 0 Å². The van der Waals surface area contributed by atoms with E-state index in [1.54, 1.807) is 0 Å². The first kappa shape index (κ1) is 13.3. The third-order valence-corrected chi connectivity index (χ3v) is 3.43. The molecule has 2 rings (SSSR count). The molecular formula is C16H24N2. The molecule has 1 aromatic rings. The molecule has 0 spiro atoms. The monoisotopic (exact) mass is 244 g/mol. The van der Waals surface area contributed by atoms with Gasteiger partial charge in [0, 0.05) is 0 Å². The Morgan fingerprint density at radius 2 is 2.17 bits per heavy atom. The summed E-state index contributed by atoms with van der Waals surface area (Å²) < 4.78 is 0. The summed E-state index contributed by atoms with van der Waals surface area (Å²) in [6.45, 7) is 4.63. The van der Waals surface area contributed by atoms with Gasteiger partial charge >= 0.3 is 0 Å². The van der Waals surface area contributed by atoms with Gasteiger partial charge < -0.3 is 10.6 Å². The van der Waals surface area contributed by atoms with Crippen molar-refractivity contribution in [2.24, 2.45) is 5.92 Å². The summed E-state index contributed by atoms with van der Waals surface area (Å²) >= 11 is 0. The Balaban J connectivity index is 1.54. The molecule has 2 heteroatoms. The van der Waals surface area contributed by atoms with Crippen LogP contribution in [-0.2, 0) is 0 Å². The standard InChI is InChI=1S/C16H24N2/c1-2-7-15(8-3-1)9-4-5-11-17-13-16-10-6-12-18-14-16/h1-4,7-9,16-18H,5-6,10-14H2/b9-4+/t16-/m0/s1. The molecule has 0 aliphatic carbocycles. The molecule has 1 aliphatic rings. The second-order valence-electron chi connectivity index (χ2n) is 5.02. The molecule has 0 saturated carbocycles. The molecule has 0 radical (unpaired) electrons. The van der Waals surface area contributed by atoms with Crippen LogP contribution in [-0.4, -0.2) is 26.2 Å². The van der Waals surface area contributed by atoms with Gasteiger partial charge in [-0.15, -0.1) is 0 Å². The van der Waals surface area contributed by atoms with E-state index < -0.39 is 0 Å². The molecule has 1 aromatic carbocycles. The van der Waals surface area contributed by atoms with Crippen molar-refractivity contribution in [1.82, 2.24) is 10.6 Å². The normalized spacial score (nSPS) is 20.3. The molecule has 1 atom stereocenters. The van der Waals surface area contributed by atoms with Crippen LogP contribution in [0.15, 0.2) is 36.4 Å². The molecule has 1 fully saturated rings. The first-order valence-electron chi connectivity index (χ1n) is 7.08. The van der Waals surface area contributed by atoms with Gasteiger partial charge in [-0.2, -0.15) is 0 Å². The molecule has 2 N–H and O–H groups in total. The van der Waals surface area contributed by atoms with Gasteiger partial charge in [0.2, 0.25) is 0 Å². The van der Waals surface area contributed by atoms with E-state index in [0.29, 0.717) is 0 Å². The largest absolute Gasteiger partial charge is 0.316 e. The van der Waals surface area contributed by atoms with Crippen molar-refractivity contribution in [1.29, 1.82) is 0 Å². The third kappa shape index (κ3) is 5.03. The summed E-state index contributed by atoms with van der Waals surface area (Å²) in [5.41, 5.74) is 1.29. The van der Waals surface area contributed by atoms with E-state index in [2.05, 4.69) is 53.1 Å². The average Bonchev–Trinajstić information content (AvgIpc) is 2.45. The lowest BCUT2D eigenvalue weighted by molar-refractivity contribution is 0.361. The van der Waals surface area contributed by atoms with E-state index in [1.807, 2.05) is 0 Å². The van der Waals surface area contributed by atoms with Crippen molar-refractivity contribution >= 4 is 6.08 Å². The maximum absolute atomic E-state index is 3.55. The Labute approximate surface area is 110 Å². The third-order valence-electron chi connectivity index (χ3n) is 3.43. The molecule has 0 unspecified atom stereocenters. The molecule has 18 heavy (non-hydrogen) atoms. The summed E-state index contributed by atoms with van der Waals surface area (Å²) in [4.78, 5) is 0. The Morgan fingerprint density at radius 3 is 2.94 bits per heavy atom. The molecule has 1 saturated heterocycles. The lowest BCUT2D eigenvalue weighted by atomic mass is 10.00. The van der Waals surface area contributed by atoms with Crippen LogP contribution in [0.1, 0.15) is 24.8 Å². The minimum atomic E-state index is 0.830. The SMILES string of the molecule is C(=C\c1ccccc1)/CCNC[C@@H]1CCCNC1. The lowest BCUT2D eigenvalue weighted by Gasteiger charge is -2.22. The Bertz CT molecular complexity index is 339. The molecule has 98 valence electrons. The number of piperidine rings is 1. The highest BCUT2D eigenvalue weighted by Gasteiger charge is 2.11. The fourth-order valence-electron chi connectivity index (χ4n) is 2.37. The van der Waals surface area contributed by atoms with Crippen LogP contribution in [0.3, 0.4) is 0 Å². The Kier molecular flexibility index (Phi) is 5.97. The molecule has 1 heterocycles. The maximum atomic E-state index is 3.55. The quantitative estimate of drug-likeness (QED) is 0.752. The highest BCUT2D eigenvalue weighted by Crippen LogP contribution is 2.08. The van der Waals surface area contributed by atoms with E-state index in [4.69, 9.17) is 0 Å². The van der Waals surface area contributed by atoms with Gasteiger partial charge in [-0.25, -0.2) is 0 Å². The molecule has 1 aliphatic heterocycles. The van der Waals surface area contributed by atoms with Crippen LogP contribution in [0.2, 0.25) is 0 Å². The smallest absolute Gasteiger partial charge is 0.000825 e. The van der Waals surface area contributed by atoms with Crippen molar-refractivity contribution in [3.63, 3.8) is 0 Å². The highest BCUT2D eigenvalue weighted by molar-refractivity contribution is 5.48. The predicted molar refractivity (Wildman–Crippen MR) is 78.6 cm³/mol. The predicted octanol–water partition coefficient (Wildman–Crippen LogP) is 2.68. The van der Waals surface area contributed by atoms with Gasteiger partial charge in [-0.3, -0.25) is 0 Å². The van der Waals surface area contributed by atoms with Crippen molar-refractivity contribution in [2.45, 2.75) is 19.3 Å². The minimum Gasteiger partial charge on any atom is -0.316 e. The first-order chi connectivity index (χ1) is 8.95. The zero-order valence-corrected chi connectivity index (χ0v) is 11.1. The fraction of sp³-hybridized carbons (Fsp3) is 0.500. The number of nitrogens with one attached hydrogen (secondary N) is 2. The van der Waals surface area contributed by atoms with Crippen LogP contribution in [0.5, 0.6) is 0 Å². The summed E-state index contributed by atoms with van der Waals surface area (Å²) in [7, 11) is 0. The minimum absolute atomic E-state index is 0.830. The van der Waals surface area contributed by atoms with E-state index in [0.717, 1.165) is 25.4 Å². The van der Waals surface area contributed by atoms with Crippen molar-refractivity contribution in [3.05, 3.63) is 42.0 Å².